The van der Waals surface area contributed by atoms with E-state index in [9.17, 15) is 4.79 Å². The number of carbonyl (C=O) groups is 1. The van der Waals surface area contributed by atoms with Crippen LogP contribution in [0, 0.1) is 0 Å². The summed E-state index contributed by atoms with van der Waals surface area (Å²) in [4.78, 5) is 11.6. The van der Waals surface area contributed by atoms with Gasteiger partial charge in [0.25, 0.3) is 0 Å². The monoisotopic (exact) mass is 364 g/mol. The Hall–Kier alpha value is -1.65. The molecule has 0 spiro atoms. The van der Waals surface area contributed by atoms with E-state index in [0.29, 0.717) is 36.5 Å². The van der Waals surface area contributed by atoms with E-state index >= 15 is 0 Å². The zero-order chi connectivity index (χ0) is 16.2. The van der Waals surface area contributed by atoms with E-state index in [1.54, 1.807) is 24.3 Å². The summed E-state index contributed by atoms with van der Waals surface area (Å²) in [6.07, 6.45) is 6.11. The molecule has 1 aromatic carbocycles. The number of hydrogen-bond acceptors (Lipinski definition) is 3. The number of halogens is 1. The molecule has 1 aromatic rings. The Morgan fingerprint density at radius 3 is 2.77 bits per heavy atom. The van der Waals surface area contributed by atoms with E-state index in [1.165, 1.54) is 0 Å². The zero-order valence-corrected chi connectivity index (χ0v) is 14.2. The van der Waals surface area contributed by atoms with Crippen LogP contribution in [0.4, 0.5) is 0 Å². The van der Waals surface area contributed by atoms with E-state index in [1.807, 2.05) is 18.2 Å². The highest BCUT2D eigenvalue weighted by molar-refractivity contribution is 9.09. The van der Waals surface area contributed by atoms with Crippen LogP contribution < -0.4 is 4.74 Å². The SMILES string of the molecule is C=C/C=C(\C=C)COCCCOc1cccc(C(=O)CBr)c1. The predicted octanol–water partition coefficient (Wildman–Crippen LogP) is 4.35. The van der Waals surface area contributed by atoms with E-state index in [2.05, 4.69) is 29.1 Å². The van der Waals surface area contributed by atoms with E-state index in [4.69, 9.17) is 9.47 Å². The minimum Gasteiger partial charge on any atom is -0.493 e. The van der Waals surface area contributed by atoms with Gasteiger partial charge < -0.3 is 9.47 Å². The van der Waals surface area contributed by atoms with E-state index < -0.39 is 0 Å². The number of allylic oxidation sites excluding steroid dienone is 2. The molecular formula is C18H21BrO3. The normalized spacial score (nSPS) is 11.0. The topological polar surface area (TPSA) is 35.5 Å². The van der Waals surface area contributed by atoms with Crippen LogP contribution in [0.3, 0.4) is 0 Å². The van der Waals surface area contributed by atoms with Gasteiger partial charge in [-0.25, -0.2) is 0 Å². The highest BCUT2D eigenvalue weighted by Crippen LogP contribution is 2.14. The summed E-state index contributed by atoms with van der Waals surface area (Å²) in [6.45, 7) is 9.01. The van der Waals surface area contributed by atoms with Crippen LogP contribution in [0.25, 0.3) is 0 Å². The third-order valence-corrected chi connectivity index (χ3v) is 3.35. The Balaban J connectivity index is 2.27. The van der Waals surface area contributed by atoms with Crippen LogP contribution in [-0.4, -0.2) is 30.9 Å². The fourth-order valence-corrected chi connectivity index (χ4v) is 2.03. The molecule has 0 bridgehead atoms. The molecule has 22 heavy (non-hydrogen) atoms. The molecule has 0 saturated heterocycles. The third kappa shape index (κ3) is 6.87. The molecule has 118 valence electrons. The molecule has 0 N–H and O–H groups in total. The second-order valence-corrected chi connectivity index (χ2v) is 5.08. The van der Waals surface area contributed by atoms with Gasteiger partial charge in [0.05, 0.1) is 25.2 Å². The summed E-state index contributed by atoms with van der Waals surface area (Å²) >= 11 is 3.16. The standard InChI is InChI=1S/C18H21BrO3/c1-3-7-15(4-2)14-21-10-6-11-22-17-9-5-8-16(12-17)18(20)13-19/h3-5,7-9,12H,1-2,6,10-11,13-14H2/b15-7+. The van der Waals surface area contributed by atoms with Gasteiger partial charge in [-0.3, -0.25) is 4.79 Å². The second kappa shape index (κ2) is 11.0. The van der Waals surface area contributed by atoms with Crippen molar-refractivity contribution in [2.75, 3.05) is 25.2 Å². The average Bonchev–Trinajstić information content (AvgIpc) is 2.56. The van der Waals surface area contributed by atoms with Crippen LogP contribution in [0.1, 0.15) is 16.8 Å². The lowest BCUT2D eigenvalue weighted by Gasteiger charge is -2.08. The lowest BCUT2D eigenvalue weighted by Crippen LogP contribution is -2.05. The van der Waals surface area contributed by atoms with Gasteiger partial charge in [0.2, 0.25) is 0 Å². The quantitative estimate of drug-likeness (QED) is 0.253. The van der Waals surface area contributed by atoms with Crippen molar-refractivity contribution in [3.63, 3.8) is 0 Å². The van der Waals surface area contributed by atoms with Crippen LogP contribution in [0.5, 0.6) is 5.75 Å². The van der Waals surface area contributed by atoms with Crippen LogP contribution >= 0.6 is 15.9 Å². The van der Waals surface area contributed by atoms with Crippen LogP contribution in [0.15, 0.2) is 61.2 Å². The van der Waals surface area contributed by atoms with Crippen molar-refractivity contribution in [1.29, 1.82) is 0 Å². The first-order valence-corrected chi connectivity index (χ1v) is 8.17. The lowest BCUT2D eigenvalue weighted by atomic mass is 10.1. The first-order chi connectivity index (χ1) is 10.7. The molecule has 0 amide bonds. The molecule has 0 radical (unpaired) electrons. The molecular weight excluding hydrogens is 344 g/mol. The van der Waals surface area contributed by atoms with Gasteiger partial charge in [0.1, 0.15) is 5.75 Å². The second-order valence-electron chi connectivity index (χ2n) is 4.52. The molecule has 0 heterocycles. The number of benzene rings is 1. The number of carbonyl (C=O) groups excluding carboxylic acids is 1. The zero-order valence-electron chi connectivity index (χ0n) is 12.6. The molecule has 0 saturated carbocycles. The van der Waals surface area contributed by atoms with Gasteiger partial charge in [-0.15, -0.1) is 0 Å². The highest BCUT2D eigenvalue weighted by atomic mass is 79.9. The molecule has 0 unspecified atom stereocenters. The lowest BCUT2D eigenvalue weighted by molar-refractivity contribution is 0.102. The third-order valence-electron chi connectivity index (χ3n) is 2.84. The molecule has 0 aliphatic heterocycles. The Morgan fingerprint density at radius 2 is 2.09 bits per heavy atom. The van der Waals surface area contributed by atoms with Gasteiger partial charge in [0.15, 0.2) is 5.78 Å². The van der Waals surface area contributed by atoms with Crippen molar-refractivity contribution in [1.82, 2.24) is 0 Å². The van der Waals surface area contributed by atoms with Gasteiger partial charge in [-0.1, -0.05) is 59.4 Å². The number of rotatable bonds is 11. The minimum atomic E-state index is 0.0414. The number of alkyl halides is 1. The fraction of sp³-hybridized carbons (Fsp3) is 0.278. The van der Waals surface area contributed by atoms with E-state index in [0.717, 1.165) is 12.0 Å². The van der Waals surface area contributed by atoms with Crippen molar-refractivity contribution in [2.24, 2.45) is 0 Å². The van der Waals surface area contributed by atoms with E-state index in [-0.39, 0.29) is 5.78 Å². The summed E-state index contributed by atoms with van der Waals surface area (Å²) < 4.78 is 11.2. The van der Waals surface area contributed by atoms with Crippen LogP contribution in [0.2, 0.25) is 0 Å². The molecule has 0 fully saturated rings. The summed E-state index contributed by atoms with van der Waals surface area (Å²) in [5.41, 5.74) is 1.65. The number of ketones is 1. The molecule has 0 aliphatic rings. The van der Waals surface area contributed by atoms with Crippen molar-refractivity contribution >= 4 is 21.7 Å². The van der Waals surface area contributed by atoms with Gasteiger partial charge in [0, 0.05) is 12.0 Å². The maximum atomic E-state index is 11.6. The molecule has 0 aromatic heterocycles. The Morgan fingerprint density at radius 1 is 1.27 bits per heavy atom. The summed E-state index contributed by atoms with van der Waals surface area (Å²) in [5, 5.41) is 0.314. The number of Topliss-reactive ketones (excluding diaryl/α,β-unsaturated/α-hetero) is 1. The first kappa shape index (κ1) is 18.4. The molecule has 3 nitrogen and oxygen atoms in total. The largest absolute Gasteiger partial charge is 0.493 e. The molecule has 4 heteroatoms. The summed E-state index contributed by atoms with van der Waals surface area (Å²) in [7, 11) is 0. The maximum absolute atomic E-state index is 11.6. The van der Waals surface area contributed by atoms with Gasteiger partial charge in [-0.05, 0) is 17.7 Å². The minimum absolute atomic E-state index is 0.0414. The smallest absolute Gasteiger partial charge is 0.173 e. The first-order valence-electron chi connectivity index (χ1n) is 7.05. The molecule has 1 rings (SSSR count). The highest BCUT2D eigenvalue weighted by Gasteiger charge is 2.04. The Labute approximate surface area is 140 Å². The summed E-state index contributed by atoms with van der Waals surface area (Å²) in [6, 6.07) is 7.20. The Kier molecular flexibility index (Phi) is 9.19. The predicted molar refractivity (Wildman–Crippen MR) is 94.0 cm³/mol. The van der Waals surface area contributed by atoms with Crippen molar-refractivity contribution < 1.29 is 14.3 Å². The van der Waals surface area contributed by atoms with Crippen molar-refractivity contribution in [2.45, 2.75) is 6.42 Å². The number of hydrogen-bond donors (Lipinski definition) is 0. The maximum Gasteiger partial charge on any atom is 0.173 e. The van der Waals surface area contributed by atoms with Crippen LogP contribution in [-0.2, 0) is 4.74 Å². The number of ether oxygens (including phenoxy) is 2. The summed E-state index contributed by atoms with van der Waals surface area (Å²) in [5.74, 6) is 0.741. The molecule has 0 atom stereocenters. The molecule has 0 aliphatic carbocycles. The van der Waals surface area contributed by atoms with Crippen molar-refractivity contribution in [3.8, 4) is 5.75 Å². The fourth-order valence-electron chi connectivity index (χ4n) is 1.70. The Bertz CT molecular complexity index is 535. The van der Waals surface area contributed by atoms with Gasteiger partial charge in [-0.2, -0.15) is 0 Å². The van der Waals surface area contributed by atoms with Gasteiger partial charge >= 0.3 is 0 Å². The average molecular weight is 365 g/mol. The van der Waals surface area contributed by atoms with Crippen molar-refractivity contribution in [3.05, 3.63) is 66.8 Å².